The largest absolute Gasteiger partial charge is 0.362 e. The van der Waals surface area contributed by atoms with Crippen molar-refractivity contribution < 1.29 is 8.32 Å². The lowest BCUT2D eigenvalue weighted by Crippen LogP contribution is -2.18. The molecule has 1 atom stereocenters. The first-order valence-electron chi connectivity index (χ1n) is 8.74. The van der Waals surface area contributed by atoms with Crippen molar-refractivity contribution in [3.63, 3.8) is 0 Å². The van der Waals surface area contributed by atoms with E-state index >= 15 is 0 Å². The van der Waals surface area contributed by atoms with E-state index < -0.39 is 16.7 Å². The summed E-state index contributed by atoms with van der Waals surface area (Å²) in [5.41, 5.74) is 2.25. The van der Waals surface area contributed by atoms with Gasteiger partial charge in [-0.1, -0.05) is 12.1 Å². The zero-order chi connectivity index (χ0) is 20.0. The molecular weight excluding hydrogens is 324 g/mol. The van der Waals surface area contributed by atoms with E-state index in [2.05, 4.69) is 15.1 Å². The van der Waals surface area contributed by atoms with Gasteiger partial charge in [0.25, 0.3) is 5.78 Å². The molecule has 0 amide bonds. The lowest BCUT2D eigenvalue weighted by molar-refractivity contribution is 0.679. The summed E-state index contributed by atoms with van der Waals surface area (Å²) in [5, 5.41) is 4.13. The number of rotatable bonds is 4. The van der Waals surface area contributed by atoms with Crippen molar-refractivity contribution in [2.45, 2.75) is 18.2 Å². The molecule has 3 rings (SSSR count). The Morgan fingerprint density at radius 1 is 1.38 bits per heavy atom. The van der Waals surface area contributed by atoms with Gasteiger partial charge in [0.1, 0.15) is 12.1 Å². The molecule has 0 fully saturated rings. The van der Waals surface area contributed by atoms with E-state index in [-0.39, 0.29) is 0 Å². The Balaban J connectivity index is 2.12. The Kier molecular flexibility index (Phi) is 3.15. The average molecular weight is 347 g/mol. The van der Waals surface area contributed by atoms with Crippen molar-refractivity contribution >= 4 is 21.3 Å². The van der Waals surface area contributed by atoms with Crippen LogP contribution >= 0.6 is 0 Å². The van der Waals surface area contributed by atoms with E-state index in [0.29, 0.717) is 34.2 Å². The molecule has 0 spiro atoms. The van der Waals surface area contributed by atoms with E-state index in [1.165, 1.54) is 29.0 Å². The van der Waals surface area contributed by atoms with Crippen LogP contribution in [0, 0.1) is 11.7 Å². The first-order chi connectivity index (χ1) is 12.5. The molecule has 0 aliphatic heterocycles. The van der Waals surface area contributed by atoms with Gasteiger partial charge in [-0.25, -0.2) is 14.0 Å². The van der Waals surface area contributed by atoms with Gasteiger partial charge in [0.2, 0.25) is 0 Å². The van der Waals surface area contributed by atoms with Crippen LogP contribution in [-0.2, 0) is 16.1 Å². The standard InChI is InChI=1S/C16H20N6OS/c1-11-14(9-12-5-7-13(8-6-12)24(4,17)23)15(21(2)3)22-16(20-11)18-10-19-22/h5-8,10,17H,9H2,1-4H3/t24-/m0/s1/i2D3. The first-order valence-corrected chi connectivity index (χ1v) is 9.21. The second-order valence-corrected chi connectivity index (χ2v) is 7.85. The van der Waals surface area contributed by atoms with E-state index in [9.17, 15) is 4.21 Å². The van der Waals surface area contributed by atoms with Crippen molar-refractivity contribution in [1.29, 1.82) is 4.78 Å². The minimum absolute atomic E-state index is 0.331. The number of hydrogen-bond acceptors (Lipinski definition) is 6. The molecule has 2 aromatic heterocycles. The number of fused-ring (bicyclic) bond motifs is 1. The summed E-state index contributed by atoms with van der Waals surface area (Å²) in [6, 6.07) is 6.90. The van der Waals surface area contributed by atoms with Gasteiger partial charge in [-0.05, 0) is 24.6 Å². The predicted molar refractivity (Wildman–Crippen MR) is 94.1 cm³/mol. The molecule has 126 valence electrons. The molecule has 24 heavy (non-hydrogen) atoms. The minimum Gasteiger partial charge on any atom is -0.362 e. The second kappa shape index (κ2) is 5.86. The summed E-state index contributed by atoms with van der Waals surface area (Å²) >= 11 is 0. The van der Waals surface area contributed by atoms with Crippen LogP contribution in [0.4, 0.5) is 5.82 Å². The third-order valence-corrected chi connectivity index (χ3v) is 4.95. The zero-order valence-electron chi connectivity index (χ0n) is 16.6. The number of aryl methyl sites for hydroxylation is 1. The lowest BCUT2D eigenvalue weighted by atomic mass is 10.0. The van der Waals surface area contributed by atoms with Crippen LogP contribution in [0.15, 0.2) is 35.5 Å². The number of anilines is 1. The van der Waals surface area contributed by atoms with Gasteiger partial charge in [0.15, 0.2) is 0 Å². The fraction of sp³-hybridized carbons (Fsp3) is 0.312. The number of benzene rings is 1. The summed E-state index contributed by atoms with van der Waals surface area (Å²) in [6.45, 7) is -0.553. The van der Waals surface area contributed by atoms with Gasteiger partial charge >= 0.3 is 0 Å². The van der Waals surface area contributed by atoms with Crippen molar-refractivity contribution in [3.8, 4) is 0 Å². The summed E-state index contributed by atoms with van der Waals surface area (Å²) < 4.78 is 44.3. The van der Waals surface area contributed by atoms with Crippen molar-refractivity contribution in [2.75, 3.05) is 25.2 Å². The summed E-state index contributed by atoms with van der Waals surface area (Å²) in [4.78, 5) is 10.1. The Morgan fingerprint density at radius 2 is 2.08 bits per heavy atom. The quantitative estimate of drug-likeness (QED) is 0.781. The highest BCUT2D eigenvalue weighted by molar-refractivity contribution is 7.91. The van der Waals surface area contributed by atoms with Crippen LogP contribution in [0.1, 0.15) is 20.9 Å². The Labute approximate surface area is 145 Å². The molecule has 2 heterocycles. The maximum absolute atomic E-state index is 11.9. The van der Waals surface area contributed by atoms with Crippen molar-refractivity contribution in [1.82, 2.24) is 19.6 Å². The number of aromatic nitrogens is 4. The minimum atomic E-state index is -2.78. The van der Waals surface area contributed by atoms with Gasteiger partial charge in [0, 0.05) is 47.0 Å². The highest BCUT2D eigenvalue weighted by atomic mass is 32.2. The summed E-state index contributed by atoms with van der Waals surface area (Å²) in [6.07, 6.45) is 3.12. The molecule has 0 saturated carbocycles. The third kappa shape index (κ3) is 2.96. The number of nitrogens with zero attached hydrogens (tertiary/aromatic N) is 5. The van der Waals surface area contributed by atoms with Crippen LogP contribution in [-0.4, -0.2) is 44.1 Å². The van der Waals surface area contributed by atoms with Crippen molar-refractivity contribution in [3.05, 3.63) is 47.4 Å². The number of hydrogen-bond donors (Lipinski definition) is 1. The molecule has 7 nitrogen and oxygen atoms in total. The molecular formula is C16H20N6OS. The fourth-order valence-electron chi connectivity index (χ4n) is 2.59. The topological polar surface area (TPSA) is 87.2 Å². The van der Waals surface area contributed by atoms with Gasteiger partial charge in [-0.15, -0.1) is 0 Å². The molecule has 0 radical (unpaired) electrons. The molecule has 8 heteroatoms. The Hall–Kier alpha value is -2.48. The predicted octanol–water partition coefficient (Wildman–Crippen LogP) is 2.12. The molecule has 1 N–H and O–H groups in total. The fourth-order valence-corrected chi connectivity index (χ4v) is 3.25. The van der Waals surface area contributed by atoms with Crippen LogP contribution in [0.25, 0.3) is 5.78 Å². The number of nitrogens with one attached hydrogen (secondary N) is 1. The molecule has 0 unspecified atom stereocenters. The molecule has 3 aromatic rings. The Morgan fingerprint density at radius 3 is 2.71 bits per heavy atom. The molecule has 1 aromatic carbocycles. The van der Waals surface area contributed by atoms with Crippen LogP contribution in [0.5, 0.6) is 0 Å². The highest BCUT2D eigenvalue weighted by Crippen LogP contribution is 2.25. The zero-order valence-corrected chi connectivity index (χ0v) is 14.5. The summed E-state index contributed by atoms with van der Waals surface area (Å²) in [7, 11) is -1.29. The highest BCUT2D eigenvalue weighted by Gasteiger charge is 2.16. The molecule has 0 aliphatic rings. The lowest BCUT2D eigenvalue weighted by Gasteiger charge is -2.19. The molecule has 0 saturated heterocycles. The van der Waals surface area contributed by atoms with Crippen LogP contribution in [0.2, 0.25) is 0 Å². The maximum Gasteiger partial charge on any atom is 0.254 e. The Bertz CT molecular complexity index is 1090. The van der Waals surface area contributed by atoms with Crippen LogP contribution in [0.3, 0.4) is 0 Å². The SMILES string of the molecule is [2H]C([2H])([2H])N(C)c1c(Cc2ccc([S@@](C)(=N)=O)cc2)c(C)nc2ncnn12. The van der Waals surface area contributed by atoms with E-state index in [0.717, 1.165) is 5.56 Å². The normalized spacial score (nSPS) is 16.2. The summed E-state index contributed by atoms with van der Waals surface area (Å²) in [5.74, 6) is 0.733. The molecule has 0 bridgehead atoms. The first kappa shape index (κ1) is 12.9. The van der Waals surface area contributed by atoms with E-state index in [1.807, 2.05) is 0 Å². The molecule has 0 aliphatic carbocycles. The van der Waals surface area contributed by atoms with Crippen molar-refractivity contribution in [2.24, 2.45) is 0 Å². The average Bonchev–Trinajstić information content (AvgIpc) is 3.01. The van der Waals surface area contributed by atoms with Gasteiger partial charge in [-0.2, -0.15) is 14.6 Å². The van der Waals surface area contributed by atoms with Gasteiger partial charge in [-0.3, -0.25) is 0 Å². The van der Waals surface area contributed by atoms with Gasteiger partial charge < -0.3 is 4.90 Å². The van der Waals surface area contributed by atoms with Gasteiger partial charge in [0.05, 0.1) is 9.73 Å². The maximum atomic E-state index is 11.9. The monoisotopic (exact) mass is 347 g/mol. The van der Waals surface area contributed by atoms with E-state index in [1.54, 1.807) is 31.2 Å². The van der Waals surface area contributed by atoms with E-state index in [4.69, 9.17) is 8.89 Å². The van der Waals surface area contributed by atoms with Crippen LogP contribution < -0.4 is 4.90 Å². The third-order valence-electron chi connectivity index (χ3n) is 3.78. The smallest absolute Gasteiger partial charge is 0.254 e. The second-order valence-electron chi connectivity index (χ2n) is 5.69.